The largest absolute Gasteiger partial charge is 0.493 e. The van der Waals surface area contributed by atoms with Gasteiger partial charge in [0.1, 0.15) is 6.61 Å². The minimum atomic E-state index is 0.0366. The Labute approximate surface area is 186 Å². The van der Waals surface area contributed by atoms with Gasteiger partial charge in [0.15, 0.2) is 11.5 Å². The first-order chi connectivity index (χ1) is 14.5. The Morgan fingerprint density at radius 1 is 1.30 bits per heavy atom. The van der Waals surface area contributed by atoms with Crippen molar-refractivity contribution in [3.8, 4) is 11.5 Å². The SMILES string of the molecule is COc1cc(/C=N\NC(=O)[C@@H]2[C@@H]3CCCC[C@@]23C)cc(Br)c1OCc1ccccc1. The fourth-order valence-electron chi connectivity index (χ4n) is 4.77. The molecule has 158 valence electrons. The van der Waals surface area contributed by atoms with Crippen molar-refractivity contribution in [1.82, 2.24) is 5.43 Å². The predicted molar refractivity (Wildman–Crippen MR) is 121 cm³/mol. The van der Waals surface area contributed by atoms with Crippen LogP contribution in [-0.2, 0) is 11.4 Å². The average molecular weight is 471 g/mol. The smallest absolute Gasteiger partial charge is 0.244 e. The molecule has 2 aliphatic carbocycles. The van der Waals surface area contributed by atoms with Gasteiger partial charge in [-0.3, -0.25) is 4.79 Å². The van der Waals surface area contributed by atoms with Gasteiger partial charge in [-0.2, -0.15) is 5.10 Å². The normalized spacial score (nSPS) is 24.9. The molecule has 0 saturated heterocycles. The number of hydrazone groups is 1. The lowest BCUT2D eigenvalue weighted by atomic mass is 9.90. The van der Waals surface area contributed by atoms with Crippen LogP contribution in [0.5, 0.6) is 11.5 Å². The number of methoxy groups -OCH3 is 1. The van der Waals surface area contributed by atoms with Crippen LogP contribution >= 0.6 is 15.9 Å². The Morgan fingerprint density at radius 3 is 2.80 bits per heavy atom. The molecule has 2 aromatic rings. The molecule has 4 rings (SSSR count). The first-order valence-electron chi connectivity index (χ1n) is 10.4. The Balaban J connectivity index is 1.39. The summed E-state index contributed by atoms with van der Waals surface area (Å²) in [6, 6.07) is 13.7. The molecule has 5 nitrogen and oxygen atoms in total. The maximum absolute atomic E-state index is 12.6. The summed E-state index contributed by atoms with van der Waals surface area (Å²) in [5, 5.41) is 4.19. The van der Waals surface area contributed by atoms with E-state index in [2.05, 4.69) is 33.4 Å². The number of hydrogen-bond acceptors (Lipinski definition) is 4. The van der Waals surface area contributed by atoms with Gasteiger partial charge in [0.25, 0.3) is 0 Å². The van der Waals surface area contributed by atoms with E-state index >= 15 is 0 Å². The van der Waals surface area contributed by atoms with Gasteiger partial charge in [0.05, 0.1) is 17.8 Å². The van der Waals surface area contributed by atoms with E-state index in [-0.39, 0.29) is 17.2 Å². The monoisotopic (exact) mass is 470 g/mol. The van der Waals surface area contributed by atoms with Crippen LogP contribution in [0.4, 0.5) is 0 Å². The van der Waals surface area contributed by atoms with Gasteiger partial charge >= 0.3 is 0 Å². The molecule has 2 saturated carbocycles. The van der Waals surface area contributed by atoms with Crippen LogP contribution in [0.1, 0.15) is 43.7 Å². The number of benzene rings is 2. The number of hydrogen-bond donors (Lipinski definition) is 1. The zero-order valence-corrected chi connectivity index (χ0v) is 18.9. The topological polar surface area (TPSA) is 59.9 Å². The molecule has 1 N–H and O–H groups in total. The van der Waals surface area contributed by atoms with Gasteiger partial charge < -0.3 is 9.47 Å². The number of nitrogens with zero attached hydrogens (tertiary/aromatic N) is 1. The summed E-state index contributed by atoms with van der Waals surface area (Å²) in [6.07, 6.45) is 6.41. The predicted octanol–water partition coefficient (Wildman–Crippen LogP) is 5.31. The van der Waals surface area contributed by atoms with Gasteiger partial charge in [-0.05, 0) is 63.4 Å². The van der Waals surface area contributed by atoms with Crippen molar-refractivity contribution in [2.24, 2.45) is 22.4 Å². The molecule has 0 bridgehead atoms. The third-order valence-electron chi connectivity index (χ3n) is 6.48. The molecule has 0 spiro atoms. The van der Waals surface area contributed by atoms with Gasteiger partial charge in [0, 0.05) is 5.92 Å². The quantitative estimate of drug-likeness (QED) is 0.440. The highest BCUT2D eigenvalue weighted by Gasteiger charge is 2.64. The Bertz CT molecular complexity index is 947. The van der Waals surface area contributed by atoms with Crippen molar-refractivity contribution in [2.45, 2.75) is 39.2 Å². The second-order valence-corrected chi connectivity index (χ2v) is 9.23. The van der Waals surface area contributed by atoms with Gasteiger partial charge in [-0.15, -0.1) is 0 Å². The minimum absolute atomic E-state index is 0.0366. The Kier molecular flexibility index (Phi) is 6.14. The summed E-state index contributed by atoms with van der Waals surface area (Å²) in [5.41, 5.74) is 4.81. The Morgan fingerprint density at radius 2 is 2.10 bits per heavy atom. The van der Waals surface area contributed by atoms with E-state index < -0.39 is 0 Å². The zero-order valence-electron chi connectivity index (χ0n) is 17.4. The van der Waals surface area contributed by atoms with Crippen molar-refractivity contribution >= 4 is 28.1 Å². The van der Waals surface area contributed by atoms with E-state index in [0.717, 1.165) is 28.4 Å². The van der Waals surface area contributed by atoms with Crippen molar-refractivity contribution in [1.29, 1.82) is 0 Å². The summed E-state index contributed by atoms with van der Waals surface area (Å²) in [5.74, 6) is 1.91. The van der Waals surface area contributed by atoms with Crippen molar-refractivity contribution < 1.29 is 14.3 Å². The average Bonchev–Trinajstić information content (AvgIpc) is 3.38. The highest BCUT2D eigenvalue weighted by atomic mass is 79.9. The lowest BCUT2D eigenvalue weighted by Crippen LogP contribution is -2.22. The maximum Gasteiger partial charge on any atom is 0.244 e. The number of ether oxygens (including phenoxy) is 2. The third kappa shape index (κ3) is 4.24. The van der Waals surface area contributed by atoms with Crippen LogP contribution in [0.3, 0.4) is 0 Å². The molecule has 3 atom stereocenters. The molecule has 30 heavy (non-hydrogen) atoms. The first-order valence-corrected chi connectivity index (χ1v) is 11.2. The number of halogens is 1. The lowest BCUT2D eigenvalue weighted by molar-refractivity contribution is -0.123. The summed E-state index contributed by atoms with van der Waals surface area (Å²) in [7, 11) is 1.61. The van der Waals surface area contributed by atoms with E-state index in [0.29, 0.717) is 24.0 Å². The standard InChI is InChI=1S/C24H27BrN2O3/c1-24-11-7-6-10-18(24)21(24)23(28)27-26-14-17-12-19(25)22(20(13-17)29-2)30-15-16-8-4-3-5-9-16/h3-5,8-9,12-14,18,21H,6-7,10-11,15H2,1-2H3,(H,27,28)/b26-14-/t18-,21-,24+/m0/s1. The fraction of sp³-hybridized carbons (Fsp3) is 0.417. The van der Waals surface area contributed by atoms with Gasteiger partial charge in [-0.1, -0.05) is 50.1 Å². The summed E-state index contributed by atoms with van der Waals surface area (Å²) < 4.78 is 12.2. The number of carbonyl (C=O) groups excluding carboxylic acids is 1. The molecule has 2 aliphatic rings. The summed E-state index contributed by atoms with van der Waals surface area (Å²) in [6.45, 7) is 2.68. The van der Waals surface area contributed by atoms with E-state index in [1.54, 1.807) is 13.3 Å². The number of nitrogens with one attached hydrogen (secondary N) is 1. The highest BCUT2D eigenvalue weighted by molar-refractivity contribution is 9.10. The fourth-order valence-corrected chi connectivity index (χ4v) is 5.35. The van der Waals surface area contributed by atoms with Crippen LogP contribution in [0.15, 0.2) is 52.0 Å². The van der Waals surface area contributed by atoms with Crippen LogP contribution in [-0.4, -0.2) is 19.2 Å². The number of carbonyl (C=O) groups is 1. The van der Waals surface area contributed by atoms with Crippen molar-refractivity contribution in [2.75, 3.05) is 7.11 Å². The molecule has 2 aromatic carbocycles. The molecule has 0 aliphatic heterocycles. The lowest BCUT2D eigenvalue weighted by Gasteiger charge is -2.15. The molecule has 0 heterocycles. The van der Waals surface area contributed by atoms with E-state index in [9.17, 15) is 4.79 Å². The number of rotatable bonds is 7. The van der Waals surface area contributed by atoms with Gasteiger partial charge in [0.2, 0.25) is 5.91 Å². The van der Waals surface area contributed by atoms with Crippen LogP contribution in [0.2, 0.25) is 0 Å². The second kappa shape index (κ2) is 8.80. The Hall–Kier alpha value is -2.34. The van der Waals surface area contributed by atoms with Crippen molar-refractivity contribution in [3.05, 3.63) is 58.1 Å². The van der Waals surface area contributed by atoms with Crippen LogP contribution in [0.25, 0.3) is 0 Å². The molecule has 0 radical (unpaired) electrons. The van der Waals surface area contributed by atoms with E-state index in [1.165, 1.54) is 12.8 Å². The van der Waals surface area contributed by atoms with Crippen molar-refractivity contribution in [3.63, 3.8) is 0 Å². The van der Waals surface area contributed by atoms with E-state index in [1.807, 2.05) is 42.5 Å². The molecule has 0 unspecified atom stereocenters. The van der Waals surface area contributed by atoms with E-state index in [4.69, 9.17) is 9.47 Å². The number of fused-ring (bicyclic) bond motifs is 1. The minimum Gasteiger partial charge on any atom is -0.493 e. The molecule has 2 fully saturated rings. The summed E-state index contributed by atoms with van der Waals surface area (Å²) in [4.78, 5) is 12.6. The zero-order chi connectivity index (χ0) is 21.1. The summed E-state index contributed by atoms with van der Waals surface area (Å²) >= 11 is 3.56. The number of amides is 1. The molecular formula is C24H27BrN2O3. The van der Waals surface area contributed by atoms with Crippen LogP contribution in [0, 0.1) is 17.3 Å². The molecule has 1 amide bonds. The third-order valence-corrected chi connectivity index (χ3v) is 7.07. The molecule has 0 aromatic heterocycles. The maximum atomic E-state index is 12.6. The second-order valence-electron chi connectivity index (χ2n) is 8.38. The molecule has 6 heteroatoms. The highest BCUT2D eigenvalue weighted by Crippen LogP contribution is 2.66. The van der Waals surface area contributed by atoms with Crippen LogP contribution < -0.4 is 14.9 Å². The molecular weight excluding hydrogens is 444 g/mol. The first kappa shape index (κ1) is 20.9. The van der Waals surface area contributed by atoms with Gasteiger partial charge in [-0.25, -0.2) is 5.43 Å².